The summed E-state index contributed by atoms with van der Waals surface area (Å²) in [5, 5.41) is 16.8. The van der Waals surface area contributed by atoms with E-state index in [1.165, 1.54) is 17.7 Å². The number of thiazole rings is 1. The molecule has 1 aliphatic heterocycles. The van der Waals surface area contributed by atoms with Crippen molar-refractivity contribution >= 4 is 29.0 Å². The maximum absolute atomic E-state index is 12.5. The Hall–Kier alpha value is -3.76. The number of rotatable bonds is 5. The van der Waals surface area contributed by atoms with Crippen LogP contribution in [0.5, 0.6) is 0 Å². The molecule has 9 nitrogen and oxygen atoms in total. The molecule has 0 radical (unpaired) electrons. The Morgan fingerprint density at radius 2 is 2.06 bits per heavy atom. The summed E-state index contributed by atoms with van der Waals surface area (Å²) in [6.45, 7) is 2.43. The number of hydrogen-bond acceptors (Lipinski definition) is 9. The number of hydrogen-bond donors (Lipinski definition) is 2. The first-order chi connectivity index (χ1) is 15.9. The van der Waals surface area contributed by atoms with Gasteiger partial charge in [0.15, 0.2) is 5.60 Å². The molecule has 1 atom stereocenters. The summed E-state index contributed by atoms with van der Waals surface area (Å²) < 4.78 is 0. The Morgan fingerprint density at radius 1 is 1.18 bits per heavy atom. The number of anilines is 2. The molecule has 0 saturated carbocycles. The highest BCUT2D eigenvalue weighted by Gasteiger charge is 2.45. The van der Waals surface area contributed by atoms with Gasteiger partial charge in [-0.15, -0.1) is 11.3 Å². The first-order valence-electron chi connectivity index (χ1n) is 10.4. The number of aromatic nitrogens is 5. The van der Waals surface area contributed by atoms with Crippen molar-refractivity contribution in [2.24, 2.45) is 0 Å². The highest BCUT2D eigenvalue weighted by molar-refractivity contribution is 7.13. The van der Waals surface area contributed by atoms with Gasteiger partial charge in [-0.1, -0.05) is 18.2 Å². The summed E-state index contributed by atoms with van der Waals surface area (Å²) in [6, 6.07) is 9.18. The molecule has 4 heterocycles. The lowest BCUT2D eigenvalue weighted by Crippen LogP contribution is -2.36. The van der Waals surface area contributed by atoms with Gasteiger partial charge in [-0.2, -0.15) is 0 Å². The van der Waals surface area contributed by atoms with Crippen LogP contribution in [0.2, 0.25) is 0 Å². The summed E-state index contributed by atoms with van der Waals surface area (Å²) in [5.74, 6) is 0.777. The second-order valence-corrected chi connectivity index (χ2v) is 8.76. The van der Waals surface area contributed by atoms with Gasteiger partial charge in [0.25, 0.3) is 5.91 Å². The molecule has 1 aromatic carbocycles. The average molecular weight is 460 g/mol. The molecule has 0 bridgehead atoms. The third kappa shape index (κ3) is 3.94. The Morgan fingerprint density at radius 3 is 2.85 bits per heavy atom. The van der Waals surface area contributed by atoms with Gasteiger partial charge < -0.3 is 15.3 Å². The Balaban J connectivity index is 1.42. The highest BCUT2D eigenvalue weighted by Crippen LogP contribution is 2.36. The number of likely N-dealkylation sites (N-methyl/N-ethyl adjacent to an activating group) is 1. The number of likely N-dealkylation sites (tertiary alicyclic amines) is 1. The number of carbonyl (C=O) groups excluding carboxylic acids is 1. The molecule has 0 aliphatic carbocycles. The minimum absolute atomic E-state index is 0.278. The lowest BCUT2D eigenvalue weighted by Gasteiger charge is -2.21. The van der Waals surface area contributed by atoms with E-state index in [0.717, 1.165) is 16.1 Å². The first kappa shape index (κ1) is 21.1. The highest BCUT2D eigenvalue weighted by atomic mass is 32.1. The lowest BCUT2D eigenvalue weighted by molar-refractivity contribution is -0.143. The standard InChI is InChI=1S/C23H21N7O2S/c1-14-11-24-13-26-19(14)29-22-25-8-6-17(28-22)18-12-33-20(27-18)15-4-3-5-16(10-15)23(32)7-9-30(2)21(23)31/h3-6,8,10-13,32H,7,9H2,1-2H3,(H,24,25,26,28,29). The third-order valence-corrected chi connectivity index (χ3v) is 6.54. The largest absolute Gasteiger partial charge is 0.375 e. The summed E-state index contributed by atoms with van der Waals surface area (Å²) in [5.41, 5.74) is 2.20. The number of nitrogens with zero attached hydrogens (tertiary/aromatic N) is 6. The zero-order valence-corrected chi connectivity index (χ0v) is 18.9. The van der Waals surface area contributed by atoms with Crippen LogP contribution in [-0.2, 0) is 10.4 Å². The maximum atomic E-state index is 12.5. The van der Waals surface area contributed by atoms with Crippen molar-refractivity contribution in [3.05, 3.63) is 65.6 Å². The summed E-state index contributed by atoms with van der Waals surface area (Å²) >= 11 is 1.47. The molecule has 1 amide bonds. The van der Waals surface area contributed by atoms with Crippen molar-refractivity contribution in [1.82, 2.24) is 29.8 Å². The SMILES string of the molecule is Cc1cncnc1Nc1nccc(-c2csc(-c3cccc(C4(O)CCN(C)C4=O)c3)n2)n1. The molecule has 4 aromatic rings. The van der Waals surface area contributed by atoms with Gasteiger partial charge >= 0.3 is 0 Å². The van der Waals surface area contributed by atoms with Gasteiger partial charge in [-0.05, 0) is 24.6 Å². The van der Waals surface area contributed by atoms with E-state index in [0.29, 0.717) is 41.7 Å². The fourth-order valence-electron chi connectivity index (χ4n) is 3.75. The second-order valence-electron chi connectivity index (χ2n) is 7.90. The normalized spacial score (nSPS) is 18.0. The fourth-order valence-corrected chi connectivity index (χ4v) is 4.56. The van der Waals surface area contributed by atoms with Crippen LogP contribution in [0.3, 0.4) is 0 Å². The predicted molar refractivity (Wildman–Crippen MR) is 125 cm³/mol. The number of benzene rings is 1. The van der Waals surface area contributed by atoms with Gasteiger partial charge in [0.2, 0.25) is 5.95 Å². The van der Waals surface area contributed by atoms with Gasteiger partial charge in [0.05, 0.1) is 5.69 Å². The van der Waals surface area contributed by atoms with Crippen LogP contribution in [0.1, 0.15) is 17.5 Å². The first-order valence-corrected chi connectivity index (χ1v) is 11.2. The van der Waals surface area contributed by atoms with Crippen LogP contribution in [0.15, 0.2) is 54.4 Å². The van der Waals surface area contributed by atoms with Crippen molar-refractivity contribution < 1.29 is 9.90 Å². The minimum Gasteiger partial charge on any atom is -0.375 e. The van der Waals surface area contributed by atoms with E-state index in [9.17, 15) is 9.90 Å². The van der Waals surface area contributed by atoms with Crippen LogP contribution in [0.25, 0.3) is 22.0 Å². The summed E-state index contributed by atoms with van der Waals surface area (Å²) in [7, 11) is 1.70. The quantitative estimate of drug-likeness (QED) is 0.467. The fraction of sp³-hybridized carbons (Fsp3) is 0.217. The summed E-state index contributed by atoms with van der Waals surface area (Å²) in [4.78, 5) is 35.8. The molecule has 1 saturated heterocycles. The lowest BCUT2D eigenvalue weighted by atomic mass is 9.91. The van der Waals surface area contributed by atoms with Gasteiger partial charge in [-0.25, -0.2) is 24.9 Å². The van der Waals surface area contributed by atoms with E-state index in [2.05, 4.69) is 25.3 Å². The van der Waals surface area contributed by atoms with Gasteiger partial charge in [0.1, 0.15) is 22.8 Å². The predicted octanol–water partition coefficient (Wildman–Crippen LogP) is 3.16. The molecule has 1 unspecified atom stereocenters. The van der Waals surface area contributed by atoms with E-state index in [-0.39, 0.29) is 5.91 Å². The number of carbonyl (C=O) groups is 1. The van der Waals surface area contributed by atoms with Crippen LogP contribution in [0, 0.1) is 6.92 Å². The van der Waals surface area contributed by atoms with E-state index in [4.69, 9.17) is 4.98 Å². The molecule has 0 spiro atoms. The zero-order valence-electron chi connectivity index (χ0n) is 18.1. The number of amides is 1. The molecule has 2 N–H and O–H groups in total. The second kappa shape index (κ2) is 8.30. The van der Waals surface area contributed by atoms with Crippen molar-refractivity contribution in [1.29, 1.82) is 0 Å². The van der Waals surface area contributed by atoms with Crippen LogP contribution >= 0.6 is 11.3 Å². The number of aryl methyl sites for hydroxylation is 1. The molecular formula is C23H21N7O2S. The van der Waals surface area contributed by atoms with Gasteiger partial charge in [0, 0.05) is 48.9 Å². The molecule has 3 aromatic heterocycles. The monoisotopic (exact) mass is 459 g/mol. The van der Waals surface area contributed by atoms with Crippen LogP contribution < -0.4 is 5.32 Å². The maximum Gasteiger partial charge on any atom is 0.258 e. The van der Waals surface area contributed by atoms with Gasteiger partial charge in [-0.3, -0.25) is 4.79 Å². The van der Waals surface area contributed by atoms with Crippen molar-refractivity contribution in [3.63, 3.8) is 0 Å². The third-order valence-electron chi connectivity index (χ3n) is 5.64. The Bertz CT molecular complexity index is 1340. The Kier molecular flexibility index (Phi) is 5.31. The van der Waals surface area contributed by atoms with E-state index in [1.807, 2.05) is 30.5 Å². The molecule has 1 aliphatic rings. The molecular weight excluding hydrogens is 438 g/mol. The molecule has 1 fully saturated rings. The van der Waals surface area contributed by atoms with Crippen molar-refractivity contribution in [3.8, 4) is 22.0 Å². The molecule has 10 heteroatoms. The zero-order chi connectivity index (χ0) is 23.0. The van der Waals surface area contributed by atoms with E-state index < -0.39 is 5.60 Å². The topological polar surface area (TPSA) is 117 Å². The van der Waals surface area contributed by atoms with Crippen LogP contribution in [0.4, 0.5) is 11.8 Å². The average Bonchev–Trinajstić information content (AvgIpc) is 3.43. The van der Waals surface area contributed by atoms with Crippen molar-refractivity contribution in [2.45, 2.75) is 18.9 Å². The molecule has 166 valence electrons. The molecule has 33 heavy (non-hydrogen) atoms. The number of aliphatic hydroxyl groups is 1. The minimum atomic E-state index is -1.49. The van der Waals surface area contributed by atoms with E-state index >= 15 is 0 Å². The number of nitrogens with one attached hydrogen (secondary N) is 1. The molecule has 5 rings (SSSR count). The van der Waals surface area contributed by atoms with Crippen molar-refractivity contribution in [2.75, 3.05) is 18.9 Å². The smallest absolute Gasteiger partial charge is 0.258 e. The summed E-state index contributed by atoms with van der Waals surface area (Å²) in [6.07, 6.45) is 5.22. The Labute approximate surface area is 194 Å². The van der Waals surface area contributed by atoms with E-state index in [1.54, 1.807) is 36.5 Å². The van der Waals surface area contributed by atoms with Crippen LogP contribution in [-0.4, -0.2) is 54.4 Å².